The molecule has 16 heavy (non-hydrogen) atoms. The van der Waals surface area contributed by atoms with E-state index >= 15 is 0 Å². The first-order valence-electron chi connectivity index (χ1n) is 5.31. The van der Waals surface area contributed by atoms with E-state index in [-0.39, 0.29) is 12.7 Å². The largest absolute Gasteiger partial charge is 0.480 e. The Kier molecular flexibility index (Phi) is 5.21. The molecule has 1 fully saturated rings. The topological polar surface area (TPSA) is 84.9 Å². The zero-order valence-electron chi connectivity index (χ0n) is 9.27. The Bertz CT molecular complexity index is 250. The third-order valence-corrected chi connectivity index (χ3v) is 2.37. The zero-order valence-corrected chi connectivity index (χ0v) is 9.27. The van der Waals surface area contributed by atoms with Gasteiger partial charge in [-0.3, -0.25) is 9.59 Å². The number of carbonyl (C=O) groups excluding carboxylic acids is 1. The molecule has 0 aromatic rings. The van der Waals surface area contributed by atoms with Crippen molar-refractivity contribution in [3.05, 3.63) is 0 Å². The van der Waals surface area contributed by atoms with E-state index in [0.29, 0.717) is 13.2 Å². The molecular weight excluding hydrogens is 214 g/mol. The van der Waals surface area contributed by atoms with Gasteiger partial charge in [-0.15, -0.1) is 0 Å². The molecule has 0 aliphatic carbocycles. The fourth-order valence-electron chi connectivity index (χ4n) is 1.38. The number of hydrogen-bond acceptors (Lipinski definition) is 4. The summed E-state index contributed by atoms with van der Waals surface area (Å²) in [6.07, 6.45) is 1.60. The highest BCUT2D eigenvalue weighted by molar-refractivity contribution is 5.83. The van der Waals surface area contributed by atoms with E-state index < -0.39 is 17.9 Å². The van der Waals surface area contributed by atoms with Crippen LogP contribution in [0.3, 0.4) is 0 Å². The Morgan fingerprint density at radius 2 is 2.12 bits per heavy atom. The van der Waals surface area contributed by atoms with Crippen LogP contribution in [0.5, 0.6) is 0 Å². The van der Waals surface area contributed by atoms with Crippen LogP contribution in [0.2, 0.25) is 0 Å². The lowest BCUT2D eigenvalue weighted by atomic mass is 10.1. The average Bonchev–Trinajstić information content (AvgIpc) is 2.27. The normalized spacial score (nSPS) is 19.1. The van der Waals surface area contributed by atoms with E-state index in [2.05, 4.69) is 5.32 Å². The molecule has 0 spiro atoms. The molecule has 0 saturated carbocycles. The van der Waals surface area contributed by atoms with Crippen LogP contribution < -0.4 is 5.32 Å². The van der Waals surface area contributed by atoms with Crippen molar-refractivity contribution < 1.29 is 24.2 Å². The number of rotatable bonds is 5. The molecule has 0 aromatic carbocycles. The number of ether oxygens (including phenoxy) is 2. The van der Waals surface area contributed by atoms with Gasteiger partial charge in [-0.1, -0.05) is 0 Å². The molecule has 1 rings (SSSR count). The summed E-state index contributed by atoms with van der Waals surface area (Å²) >= 11 is 0. The van der Waals surface area contributed by atoms with Gasteiger partial charge in [0, 0.05) is 13.2 Å². The van der Waals surface area contributed by atoms with Crippen molar-refractivity contribution in [2.24, 2.45) is 0 Å². The van der Waals surface area contributed by atoms with Gasteiger partial charge in [0.1, 0.15) is 12.6 Å². The second-order valence-electron chi connectivity index (χ2n) is 3.75. The molecular formula is C10H17NO5. The predicted octanol–water partition coefficient (Wildman–Crippen LogP) is -0.229. The Morgan fingerprint density at radius 3 is 2.69 bits per heavy atom. The lowest BCUT2D eigenvalue weighted by Gasteiger charge is -2.22. The van der Waals surface area contributed by atoms with Crippen LogP contribution in [0.25, 0.3) is 0 Å². The third kappa shape index (κ3) is 4.59. The first-order chi connectivity index (χ1) is 7.59. The number of amides is 1. The SMILES string of the molecule is C[C@H](NC(=O)COC1CCOCC1)C(=O)O. The van der Waals surface area contributed by atoms with Crippen LogP contribution >= 0.6 is 0 Å². The quantitative estimate of drug-likeness (QED) is 0.682. The monoisotopic (exact) mass is 231 g/mol. The Labute approximate surface area is 93.9 Å². The fourth-order valence-corrected chi connectivity index (χ4v) is 1.38. The summed E-state index contributed by atoms with van der Waals surface area (Å²) in [6, 6.07) is -0.884. The molecule has 1 saturated heterocycles. The highest BCUT2D eigenvalue weighted by Crippen LogP contribution is 2.09. The number of hydrogen-bond donors (Lipinski definition) is 2. The van der Waals surface area contributed by atoms with E-state index in [1.807, 2.05) is 0 Å². The van der Waals surface area contributed by atoms with Crippen LogP contribution in [0, 0.1) is 0 Å². The minimum absolute atomic E-state index is 0.0413. The summed E-state index contributed by atoms with van der Waals surface area (Å²) < 4.78 is 10.5. The number of carboxylic acids is 1. The smallest absolute Gasteiger partial charge is 0.325 e. The lowest BCUT2D eigenvalue weighted by molar-refractivity contribution is -0.142. The molecule has 6 nitrogen and oxygen atoms in total. The molecule has 1 aliphatic rings. The maximum Gasteiger partial charge on any atom is 0.325 e. The minimum atomic E-state index is -1.06. The highest BCUT2D eigenvalue weighted by Gasteiger charge is 2.17. The summed E-state index contributed by atoms with van der Waals surface area (Å²) in [5, 5.41) is 10.9. The standard InChI is InChI=1S/C10H17NO5/c1-7(10(13)14)11-9(12)6-16-8-2-4-15-5-3-8/h7-8H,2-6H2,1H3,(H,11,12)(H,13,14)/t7-/m0/s1. The van der Waals surface area contributed by atoms with Crippen molar-refractivity contribution in [3.63, 3.8) is 0 Å². The van der Waals surface area contributed by atoms with Gasteiger partial charge in [-0.05, 0) is 19.8 Å². The van der Waals surface area contributed by atoms with Crippen molar-refractivity contribution in [1.29, 1.82) is 0 Å². The van der Waals surface area contributed by atoms with E-state index in [1.54, 1.807) is 0 Å². The van der Waals surface area contributed by atoms with Gasteiger partial charge in [0.15, 0.2) is 0 Å². The predicted molar refractivity (Wildman–Crippen MR) is 55.0 cm³/mol. The van der Waals surface area contributed by atoms with Crippen LogP contribution in [0.4, 0.5) is 0 Å². The van der Waals surface area contributed by atoms with Crippen molar-refractivity contribution >= 4 is 11.9 Å². The summed E-state index contributed by atoms with van der Waals surface area (Å²) in [5.41, 5.74) is 0. The zero-order chi connectivity index (χ0) is 12.0. The van der Waals surface area contributed by atoms with Crippen molar-refractivity contribution in [2.75, 3.05) is 19.8 Å². The van der Waals surface area contributed by atoms with E-state index in [9.17, 15) is 9.59 Å². The van der Waals surface area contributed by atoms with E-state index in [0.717, 1.165) is 12.8 Å². The Morgan fingerprint density at radius 1 is 1.50 bits per heavy atom. The number of carbonyl (C=O) groups is 2. The van der Waals surface area contributed by atoms with Crippen molar-refractivity contribution in [2.45, 2.75) is 31.9 Å². The van der Waals surface area contributed by atoms with Gasteiger partial charge in [-0.2, -0.15) is 0 Å². The van der Waals surface area contributed by atoms with Crippen molar-refractivity contribution in [1.82, 2.24) is 5.32 Å². The van der Waals surface area contributed by atoms with Gasteiger partial charge in [0.2, 0.25) is 5.91 Å². The lowest BCUT2D eigenvalue weighted by Crippen LogP contribution is -2.41. The van der Waals surface area contributed by atoms with Gasteiger partial charge in [0.05, 0.1) is 6.10 Å². The van der Waals surface area contributed by atoms with Crippen LogP contribution in [-0.4, -0.2) is 48.9 Å². The van der Waals surface area contributed by atoms with Gasteiger partial charge in [-0.25, -0.2) is 0 Å². The van der Waals surface area contributed by atoms with Crippen molar-refractivity contribution in [3.8, 4) is 0 Å². The summed E-state index contributed by atoms with van der Waals surface area (Å²) in [6.45, 7) is 2.62. The highest BCUT2D eigenvalue weighted by atomic mass is 16.5. The van der Waals surface area contributed by atoms with Gasteiger partial charge >= 0.3 is 5.97 Å². The molecule has 1 heterocycles. The molecule has 0 aromatic heterocycles. The second-order valence-corrected chi connectivity index (χ2v) is 3.75. The molecule has 0 radical (unpaired) electrons. The summed E-state index contributed by atoms with van der Waals surface area (Å²) in [4.78, 5) is 21.7. The third-order valence-electron chi connectivity index (χ3n) is 2.37. The number of aliphatic carboxylic acids is 1. The molecule has 0 bridgehead atoms. The first-order valence-corrected chi connectivity index (χ1v) is 5.31. The van der Waals surface area contributed by atoms with E-state index in [1.165, 1.54) is 6.92 Å². The molecule has 2 N–H and O–H groups in total. The molecule has 6 heteroatoms. The maximum absolute atomic E-state index is 11.3. The number of nitrogens with one attached hydrogen (secondary N) is 1. The van der Waals surface area contributed by atoms with Crippen LogP contribution in [0.15, 0.2) is 0 Å². The van der Waals surface area contributed by atoms with Crippen LogP contribution in [0.1, 0.15) is 19.8 Å². The first kappa shape index (κ1) is 12.9. The van der Waals surface area contributed by atoms with E-state index in [4.69, 9.17) is 14.6 Å². The van der Waals surface area contributed by atoms with Gasteiger partial charge < -0.3 is 19.9 Å². The molecule has 92 valence electrons. The van der Waals surface area contributed by atoms with Crippen LogP contribution in [-0.2, 0) is 19.1 Å². The molecule has 1 amide bonds. The summed E-state index contributed by atoms with van der Waals surface area (Å²) in [5.74, 6) is -1.46. The average molecular weight is 231 g/mol. The fraction of sp³-hybridized carbons (Fsp3) is 0.800. The minimum Gasteiger partial charge on any atom is -0.480 e. The maximum atomic E-state index is 11.3. The Balaban J connectivity index is 2.16. The molecule has 0 unspecified atom stereocenters. The molecule has 1 atom stereocenters. The molecule has 1 aliphatic heterocycles. The summed E-state index contributed by atoms with van der Waals surface area (Å²) in [7, 11) is 0. The Hall–Kier alpha value is -1.14. The second kappa shape index (κ2) is 6.44. The van der Waals surface area contributed by atoms with Gasteiger partial charge in [0.25, 0.3) is 0 Å². The number of carboxylic acid groups (broad SMARTS) is 1.